The van der Waals surface area contributed by atoms with E-state index in [1.165, 1.54) is 0 Å². The molecule has 1 radical (unpaired) electrons. The molecule has 1 aromatic carbocycles. The second-order valence-electron chi connectivity index (χ2n) is 4.05. The fraction of sp³-hybridized carbons (Fsp3) is 0.188. The number of rotatable bonds is 4. The van der Waals surface area contributed by atoms with Crippen molar-refractivity contribution in [1.82, 2.24) is 4.57 Å². The quantitative estimate of drug-likeness (QED) is 0.394. The van der Waals surface area contributed by atoms with Crippen LogP contribution in [0, 0.1) is 22.0 Å². The summed E-state index contributed by atoms with van der Waals surface area (Å²) in [5.74, 6) is 3.13. The van der Waals surface area contributed by atoms with E-state index < -0.39 is 0 Å². The average molecular weight is 467 g/mol. The Morgan fingerprint density at radius 2 is 2.05 bits per heavy atom. The molecule has 0 unspecified atom stereocenters. The summed E-state index contributed by atoms with van der Waals surface area (Å²) in [5.41, 5.74) is 1.71. The Bertz CT molecular complexity index is 702. The van der Waals surface area contributed by atoms with Gasteiger partial charge >= 0.3 is 0 Å². The molecule has 1 aromatic heterocycles. The van der Waals surface area contributed by atoms with Gasteiger partial charge in [-0.05, 0) is 22.6 Å². The van der Waals surface area contributed by atoms with Gasteiger partial charge in [-0.25, -0.2) is 0 Å². The fourth-order valence-corrected chi connectivity index (χ4v) is 2.32. The number of ether oxygens (including phenoxy) is 1. The Morgan fingerprint density at radius 1 is 1.38 bits per heavy atom. The van der Waals surface area contributed by atoms with Crippen molar-refractivity contribution in [2.75, 3.05) is 6.61 Å². The van der Waals surface area contributed by atoms with Crippen molar-refractivity contribution in [2.45, 2.75) is 13.5 Å². The standard InChI is InChI=1S/C16H13INO2.Y/c1-3-11-20-13-7-5-12(6-8-13)15-10-9-14(17)16(19)18(15)4-2;/h1,5-9H,4,11H2,2H3;/q-1;. The summed E-state index contributed by atoms with van der Waals surface area (Å²) in [7, 11) is 0. The number of hydrogen-bond acceptors (Lipinski definition) is 2. The molecule has 0 aliphatic heterocycles. The third kappa shape index (κ3) is 4.42. The molecule has 2 aromatic rings. The van der Waals surface area contributed by atoms with Gasteiger partial charge in [0.05, 0.1) is 0 Å². The molecule has 0 saturated heterocycles. The zero-order chi connectivity index (χ0) is 14.5. The first-order chi connectivity index (χ1) is 9.67. The van der Waals surface area contributed by atoms with Crippen LogP contribution in [0.5, 0.6) is 5.75 Å². The first-order valence-corrected chi connectivity index (χ1v) is 7.23. The van der Waals surface area contributed by atoms with Gasteiger partial charge in [0.15, 0.2) is 0 Å². The van der Waals surface area contributed by atoms with E-state index in [2.05, 4.69) is 12.0 Å². The summed E-state index contributed by atoms with van der Waals surface area (Å²) in [5, 5.41) is 0. The SMILES string of the molecule is C#CCOc1ccc(-c2[c-]cc(I)c(=O)n2CC)cc1.[Y]. The van der Waals surface area contributed by atoms with Crippen LogP contribution in [0.3, 0.4) is 0 Å². The van der Waals surface area contributed by atoms with Crippen LogP contribution in [0.1, 0.15) is 6.92 Å². The molecule has 0 N–H and O–H groups in total. The summed E-state index contributed by atoms with van der Waals surface area (Å²) < 4.78 is 7.71. The Balaban J connectivity index is 0.00000220. The molecule has 0 aliphatic rings. The van der Waals surface area contributed by atoms with Crippen LogP contribution in [0.15, 0.2) is 35.1 Å². The predicted molar refractivity (Wildman–Crippen MR) is 87.7 cm³/mol. The van der Waals surface area contributed by atoms with Gasteiger partial charge in [-0.15, -0.1) is 41.1 Å². The van der Waals surface area contributed by atoms with E-state index in [1.54, 1.807) is 10.6 Å². The number of halogens is 1. The van der Waals surface area contributed by atoms with Gasteiger partial charge in [-0.2, -0.15) is 12.1 Å². The zero-order valence-electron chi connectivity index (χ0n) is 11.6. The first kappa shape index (κ1) is 18.4. The predicted octanol–water partition coefficient (Wildman–Crippen LogP) is 2.95. The molecule has 105 valence electrons. The summed E-state index contributed by atoms with van der Waals surface area (Å²) in [6.07, 6.45) is 5.15. The third-order valence-corrected chi connectivity index (χ3v) is 3.59. The first-order valence-electron chi connectivity index (χ1n) is 6.15. The smallest absolute Gasteiger partial charge is 0.207 e. The van der Waals surface area contributed by atoms with E-state index in [4.69, 9.17) is 11.2 Å². The van der Waals surface area contributed by atoms with Gasteiger partial charge in [-0.3, -0.25) is 4.79 Å². The number of terminal acetylenes is 1. The molecule has 0 aliphatic carbocycles. The van der Waals surface area contributed by atoms with E-state index in [9.17, 15) is 4.79 Å². The van der Waals surface area contributed by atoms with Gasteiger partial charge in [-0.1, -0.05) is 17.2 Å². The summed E-state index contributed by atoms with van der Waals surface area (Å²) in [4.78, 5) is 12.1. The van der Waals surface area contributed by atoms with Crippen LogP contribution >= 0.6 is 22.6 Å². The van der Waals surface area contributed by atoms with Crippen molar-refractivity contribution < 1.29 is 37.4 Å². The van der Waals surface area contributed by atoms with Gasteiger partial charge in [0.2, 0.25) is 5.56 Å². The van der Waals surface area contributed by atoms with Crippen molar-refractivity contribution in [3.8, 4) is 29.4 Å². The molecule has 3 nitrogen and oxygen atoms in total. The summed E-state index contributed by atoms with van der Waals surface area (Å²) in [6, 6.07) is 12.3. The Labute approximate surface area is 163 Å². The molecule has 5 heteroatoms. The maximum atomic E-state index is 12.1. The van der Waals surface area contributed by atoms with E-state index >= 15 is 0 Å². The van der Waals surface area contributed by atoms with E-state index in [-0.39, 0.29) is 44.9 Å². The molecular formula is C16H13INO2Y-. The van der Waals surface area contributed by atoms with Crippen LogP contribution in [0.4, 0.5) is 0 Å². The summed E-state index contributed by atoms with van der Waals surface area (Å²) >= 11 is 2.03. The van der Waals surface area contributed by atoms with E-state index in [0.717, 1.165) is 11.3 Å². The number of benzene rings is 1. The minimum Gasteiger partial charge on any atom is -0.481 e. The Morgan fingerprint density at radius 3 is 2.62 bits per heavy atom. The van der Waals surface area contributed by atoms with E-state index in [0.29, 0.717) is 15.9 Å². The van der Waals surface area contributed by atoms with Gasteiger partial charge in [0.1, 0.15) is 12.4 Å². The second kappa shape index (κ2) is 8.72. The zero-order valence-corrected chi connectivity index (χ0v) is 16.6. The van der Waals surface area contributed by atoms with Gasteiger partial charge < -0.3 is 9.30 Å². The minimum atomic E-state index is 0. The maximum absolute atomic E-state index is 12.1. The molecule has 0 spiro atoms. The Kier molecular flexibility index (Phi) is 7.65. The molecule has 21 heavy (non-hydrogen) atoms. The van der Waals surface area contributed by atoms with Crippen molar-refractivity contribution in [1.29, 1.82) is 0 Å². The minimum absolute atomic E-state index is 0. The fourth-order valence-electron chi connectivity index (χ4n) is 1.88. The molecular weight excluding hydrogens is 454 g/mol. The molecule has 0 fully saturated rings. The maximum Gasteiger partial charge on any atom is 0.207 e. The van der Waals surface area contributed by atoms with Crippen molar-refractivity contribution in [3.05, 3.63) is 50.3 Å². The monoisotopic (exact) mass is 467 g/mol. The van der Waals surface area contributed by atoms with E-state index in [1.807, 2.05) is 53.8 Å². The molecule has 0 atom stereocenters. The molecule has 0 bridgehead atoms. The van der Waals surface area contributed by atoms with Crippen molar-refractivity contribution >= 4 is 22.6 Å². The van der Waals surface area contributed by atoms with Crippen LogP contribution in [0.25, 0.3) is 11.3 Å². The Hall–Kier alpha value is -0.636. The van der Waals surface area contributed by atoms with Crippen LogP contribution < -0.4 is 10.3 Å². The summed E-state index contributed by atoms with van der Waals surface area (Å²) in [6.45, 7) is 2.80. The van der Waals surface area contributed by atoms with Crippen LogP contribution in [-0.2, 0) is 39.3 Å². The van der Waals surface area contributed by atoms with Gasteiger partial charge in [0, 0.05) is 39.3 Å². The third-order valence-electron chi connectivity index (χ3n) is 2.82. The van der Waals surface area contributed by atoms with Crippen LogP contribution in [0.2, 0.25) is 0 Å². The second-order valence-corrected chi connectivity index (χ2v) is 5.21. The molecule has 2 rings (SSSR count). The van der Waals surface area contributed by atoms with Crippen LogP contribution in [-0.4, -0.2) is 11.2 Å². The van der Waals surface area contributed by atoms with Gasteiger partial charge in [0.25, 0.3) is 0 Å². The number of nitrogens with zero attached hydrogens (tertiary/aromatic N) is 1. The largest absolute Gasteiger partial charge is 0.481 e. The number of pyridine rings is 1. The number of aromatic nitrogens is 1. The number of hydrogen-bond donors (Lipinski definition) is 0. The average Bonchev–Trinajstić information content (AvgIpc) is 2.48. The molecule has 0 saturated carbocycles. The molecule has 1 heterocycles. The normalized spacial score (nSPS) is 9.57. The molecule has 0 amide bonds. The topological polar surface area (TPSA) is 31.2 Å². The van der Waals surface area contributed by atoms with Crippen molar-refractivity contribution in [3.63, 3.8) is 0 Å². The van der Waals surface area contributed by atoms with Crippen molar-refractivity contribution in [2.24, 2.45) is 0 Å².